The lowest BCUT2D eigenvalue weighted by atomic mass is 10.4. The van der Waals surface area contributed by atoms with Gasteiger partial charge in [0.1, 0.15) is 0 Å². The zero-order chi connectivity index (χ0) is 11.5. The average Bonchev–Trinajstić information content (AvgIpc) is 2.66. The minimum absolute atomic E-state index is 0.577. The molecule has 0 aliphatic rings. The molecule has 84 valence electrons. The van der Waals surface area contributed by atoms with E-state index in [0.717, 1.165) is 22.4 Å². The van der Waals surface area contributed by atoms with Crippen molar-refractivity contribution >= 4 is 33.2 Å². The fraction of sp³-hybridized carbons (Fsp3) is 0.300. The van der Waals surface area contributed by atoms with Crippen molar-refractivity contribution in [2.24, 2.45) is 0 Å². The van der Waals surface area contributed by atoms with Gasteiger partial charge in [0.25, 0.3) is 0 Å². The predicted octanol–water partition coefficient (Wildman–Crippen LogP) is 2.92. The molecule has 0 spiro atoms. The number of rotatable bonds is 3. The van der Waals surface area contributed by atoms with Crippen molar-refractivity contribution in [1.82, 2.24) is 15.2 Å². The molecule has 2 aromatic heterocycles. The summed E-state index contributed by atoms with van der Waals surface area (Å²) in [7, 11) is 0. The zero-order valence-electron chi connectivity index (χ0n) is 8.99. The van der Waals surface area contributed by atoms with Gasteiger partial charge in [0.05, 0.1) is 17.9 Å². The van der Waals surface area contributed by atoms with Crippen LogP contribution in [-0.2, 0) is 6.54 Å². The summed E-state index contributed by atoms with van der Waals surface area (Å²) in [5.74, 6) is 0.577. The summed E-state index contributed by atoms with van der Waals surface area (Å²) in [6, 6.07) is 2.08. The van der Waals surface area contributed by atoms with Crippen LogP contribution >= 0.6 is 27.3 Å². The van der Waals surface area contributed by atoms with Crippen LogP contribution in [0.2, 0.25) is 0 Å². The van der Waals surface area contributed by atoms with E-state index < -0.39 is 0 Å². The Balaban J connectivity index is 2.02. The highest BCUT2D eigenvalue weighted by molar-refractivity contribution is 9.10. The van der Waals surface area contributed by atoms with Crippen LogP contribution in [0.5, 0.6) is 0 Å². The van der Waals surface area contributed by atoms with Gasteiger partial charge in [0.15, 0.2) is 0 Å². The highest BCUT2D eigenvalue weighted by atomic mass is 79.9. The fourth-order valence-corrected chi connectivity index (χ4v) is 2.54. The Morgan fingerprint density at radius 2 is 2.12 bits per heavy atom. The maximum absolute atomic E-state index is 4.30. The van der Waals surface area contributed by atoms with E-state index in [4.69, 9.17) is 0 Å². The van der Waals surface area contributed by atoms with Crippen LogP contribution in [0.15, 0.2) is 15.9 Å². The van der Waals surface area contributed by atoms with E-state index in [-0.39, 0.29) is 0 Å². The third kappa shape index (κ3) is 2.76. The molecule has 0 saturated heterocycles. The van der Waals surface area contributed by atoms with Crippen molar-refractivity contribution in [2.45, 2.75) is 20.4 Å². The van der Waals surface area contributed by atoms with Crippen molar-refractivity contribution < 1.29 is 0 Å². The number of hydrogen-bond donors (Lipinski definition) is 1. The zero-order valence-corrected chi connectivity index (χ0v) is 11.4. The van der Waals surface area contributed by atoms with Gasteiger partial charge in [-0.25, -0.2) is 4.98 Å². The van der Waals surface area contributed by atoms with Crippen LogP contribution in [-0.4, -0.2) is 15.2 Å². The van der Waals surface area contributed by atoms with Crippen LogP contribution in [0, 0.1) is 13.8 Å². The molecule has 0 amide bonds. The first kappa shape index (κ1) is 11.5. The van der Waals surface area contributed by atoms with Gasteiger partial charge >= 0.3 is 0 Å². The number of thiophene rings is 1. The predicted molar refractivity (Wildman–Crippen MR) is 68.6 cm³/mol. The SMILES string of the molecule is Cc1nnc(NCc2cc(Br)cs2)nc1C. The molecule has 0 radical (unpaired) electrons. The molecular weight excluding hydrogens is 288 g/mol. The summed E-state index contributed by atoms with van der Waals surface area (Å²) in [6.45, 7) is 4.55. The highest BCUT2D eigenvalue weighted by Crippen LogP contribution is 2.20. The summed E-state index contributed by atoms with van der Waals surface area (Å²) in [5.41, 5.74) is 1.77. The van der Waals surface area contributed by atoms with Crippen LogP contribution in [0.4, 0.5) is 5.95 Å². The Morgan fingerprint density at radius 1 is 1.31 bits per heavy atom. The van der Waals surface area contributed by atoms with Crippen LogP contribution < -0.4 is 5.32 Å². The second-order valence-corrected chi connectivity index (χ2v) is 5.30. The molecule has 0 unspecified atom stereocenters. The number of halogens is 1. The van der Waals surface area contributed by atoms with Crippen molar-refractivity contribution in [3.8, 4) is 0 Å². The quantitative estimate of drug-likeness (QED) is 0.946. The topological polar surface area (TPSA) is 50.7 Å². The van der Waals surface area contributed by atoms with Gasteiger partial charge in [0.2, 0.25) is 5.95 Å². The molecule has 1 N–H and O–H groups in total. The normalized spacial score (nSPS) is 10.4. The third-order valence-electron chi connectivity index (χ3n) is 2.13. The first-order valence-electron chi connectivity index (χ1n) is 4.80. The summed E-state index contributed by atoms with van der Waals surface area (Å²) in [5, 5.41) is 13.2. The minimum Gasteiger partial charge on any atom is -0.348 e. The largest absolute Gasteiger partial charge is 0.348 e. The number of anilines is 1. The van der Waals surface area contributed by atoms with E-state index in [0.29, 0.717) is 5.95 Å². The molecule has 0 saturated carbocycles. The van der Waals surface area contributed by atoms with Gasteiger partial charge in [-0.1, -0.05) is 0 Å². The number of aryl methyl sites for hydroxylation is 2. The molecule has 0 aliphatic carbocycles. The Labute approximate surface area is 106 Å². The molecule has 4 nitrogen and oxygen atoms in total. The Kier molecular flexibility index (Phi) is 3.50. The maximum atomic E-state index is 4.30. The molecule has 0 atom stereocenters. The van der Waals surface area contributed by atoms with Gasteiger partial charge in [0, 0.05) is 14.7 Å². The van der Waals surface area contributed by atoms with Crippen molar-refractivity contribution in [3.05, 3.63) is 32.2 Å². The number of nitrogens with zero attached hydrogens (tertiary/aromatic N) is 3. The van der Waals surface area contributed by atoms with Gasteiger partial charge in [-0.2, -0.15) is 5.10 Å². The lowest BCUT2D eigenvalue weighted by molar-refractivity contribution is 0.887. The summed E-state index contributed by atoms with van der Waals surface area (Å²) < 4.78 is 1.11. The smallest absolute Gasteiger partial charge is 0.243 e. The van der Waals surface area contributed by atoms with Crippen molar-refractivity contribution in [3.63, 3.8) is 0 Å². The molecule has 2 heterocycles. The van der Waals surface area contributed by atoms with Crippen LogP contribution in [0.25, 0.3) is 0 Å². The van der Waals surface area contributed by atoms with Gasteiger partial charge < -0.3 is 5.32 Å². The van der Waals surface area contributed by atoms with Gasteiger partial charge in [-0.05, 0) is 35.8 Å². The first-order chi connectivity index (χ1) is 7.65. The second-order valence-electron chi connectivity index (χ2n) is 3.39. The molecule has 16 heavy (non-hydrogen) atoms. The van der Waals surface area contributed by atoms with Gasteiger partial charge in [-0.3, -0.25) is 0 Å². The van der Waals surface area contributed by atoms with E-state index >= 15 is 0 Å². The Bertz CT molecular complexity index is 497. The van der Waals surface area contributed by atoms with Crippen molar-refractivity contribution in [2.75, 3.05) is 5.32 Å². The van der Waals surface area contributed by atoms with E-state index in [1.165, 1.54) is 4.88 Å². The second kappa shape index (κ2) is 4.88. The molecule has 0 fully saturated rings. The molecular formula is C10H11BrN4S. The lowest BCUT2D eigenvalue weighted by Crippen LogP contribution is -2.06. The molecule has 0 bridgehead atoms. The highest BCUT2D eigenvalue weighted by Gasteiger charge is 2.02. The molecule has 2 aromatic rings. The lowest BCUT2D eigenvalue weighted by Gasteiger charge is -2.03. The first-order valence-corrected chi connectivity index (χ1v) is 6.47. The molecule has 2 rings (SSSR count). The summed E-state index contributed by atoms with van der Waals surface area (Å²) in [4.78, 5) is 5.53. The number of aromatic nitrogens is 3. The van der Waals surface area contributed by atoms with Crippen molar-refractivity contribution in [1.29, 1.82) is 0 Å². The van der Waals surface area contributed by atoms with E-state index in [9.17, 15) is 0 Å². The Morgan fingerprint density at radius 3 is 2.75 bits per heavy atom. The third-order valence-corrected chi connectivity index (χ3v) is 3.83. The van der Waals surface area contributed by atoms with E-state index in [1.54, 1.807) is 11.3 Å². The summed E-state index contributed by atoms with van der Waals surface area (Å²) in [6.07, 6.45) is 0. The van der Waals surface area contributed by atoms with E-state index in [1.807, 2.05) is 13.8 Å². The Hall–Kier alpha value is -1.01. The average molecular weight is 299 g/mol. The minimum atomic E-state index is 0.577. The monoisotopic (exact) mass is 298 g/mol. The number of hydrogen-bond acceptors (Lipinski definition) is 5. The molecule has 0 aromatic carbocycles. The van der Waals surface area contributed by atoms with E-state index in [2.05, 4.69) is 47.9 Å². The van der Waals surface area contributed by atoms with Crippen LogP contribution in [0.1, 0.15) is 16.3 Å². The maximum Gasteiger partial charge on any atom is 0.243 e. The fourth-order valence-electron chi connectivity index (χ4n) is 1.14. The van der Waals surface area contributed by atoms with Gasteiger partial charge in [-0.15, -0.1) is 16.4 Å². The molecule has 6 heteroatoms. The standard InChI is InChI=1S/C10H11BrN4S/c1-6-7(2)14-15-10(13-6)12-4-9-3-8(11)5-16-9/h3,5H,4H2,1-2H3,(H,12,13,15). The molecule has 0 aliphatic heterocycles. The number of nitrogens with one attached hydrogen (secondary N) is 1. The van der Waals surface area contributed by atoms with Crippen LogP contribution in [0.3, 0.4) is 0 Å². The summed E-state index contributed by atoms with van der Waals surface area (Å²) >= 11 is 5.11.